The summed E-state index contributed by atoms with van der Waals surface area (Å²) < 4.78 is 17.4. The first-order valence-corrected chi connectivity index (χ1v) is 27.8. The molecule has 0 heterocycles. The number of esters is 2. The first-order chi connectivity index (χ1) is 32.6. The molecule has 0 aliphatic rings. The van der Waals surface area contributed by atoms with Crippen LogP contribution in [0.2, 0.25) is 0 Å². The van der Waals surface area contributed by atoms with Crippen molar-refractivity contribution in [2.45, 2.75) is 258 Å². The third-order valence-corrected chi connectivity index (χ3v) is 11.6. The van der Waals surface area contributed by atoms with Gasteiger partial charge in [0.15, 0.2) is 6.10 Å². The molecule has 0 aromatic rings. The van der Waals surface area contributed by atoms with E-state index in [9.17, 15) is 9.59 Å². The summed E-state index contributed by atoms with van der Waals surface area (Å²) in [6, 6.07) is 0. The summed E-state index contributed by atoms with van der Waals surface area (Å²) in [6.07, 6.45) is 75.6. The number of allylic oxidation sites excluding steroid dienone is 16. The van der Waals surface area contributed by atoms with Gasteiger partial charge in [0.05, 0.1) is 6.61 Å². The number of ether oxygens (including phenoxy) is 3. The van der Waals surface area contributed by atoms with Gasteiger partial charge in [0.2, 0.25) is 0 Å². The summed E-state index contributed by atoms with van der Waals surface area (Å²) in [7, 11) is 0. The molecule has 378 valence electrons. The molecular weight excluding hydrogens is 813 g/mol. The summed E-state index contributed by atoms with van der Waals surface area (Å²) >= 11 is 0. The van der Waals surface area contributed by atoms with Gasteiger partial charge in [-0.25, -0.2) is 0 Å². The Hall–Kier alpha value is -3.18. The highest BCUT2D eigenvalue weighted by Gasteiger charge is 2.17. The van der Waals surface area contributed by atoms with Crippen LogP contribution < -0.4 is 0 Å². The van der Waals surface area contributed by atoms with Gasteiger partial charge >= 0.3 is 11.9 Å². The summed E-state index contributed by atoms with van der Waals surface area (Å²) in [5, 5.41) is 0. The Labute approximate surface area is 409 Å². The van der Waals surface area contributed by atoms with Crippen molar-refractivity contribution in [2.75, 3.05) is 19.8 Å². The van der Waals surface area contributed by atoms with Crippen molar-refractivity contribution >= 4 is 11.9 Å². The van der Waals surface area contributed by atoms with Crippen molar-refractivity contribution in [3.8, 4) is 0 Å². The average Bonchev–Trinajstić information content (AvgIpc) is 3.32. The summed E-state index contributed by atoms with van der Waals surface area (Å²) in [5.41, 5.74) is 0. The SMILES string of the molecule is CC/C=C\C/C=C\C/C=C\C/C=C\CCCCCCCOCC(COC(=O)CCCCCCCCC/C=C\C/C=C\C/C=C\CC)OC(=O)CCCCCCC/C=C\CCCCCCCC. The van der Waals surface area contributed by atoms with Crippen LogP contribution in [0.3, 0.4) is 0 Å². The van der Waals surface area contributed by atoms with Gasteiger partial charge in [0, 0.05) is 19.4 Å². The Morgan fingerprint density at radius 3 is 1.11 bits per heavy atom. The van der Waals surface area contributed by atoms with Crippen LogP contribution in [0.4, 0.5) is 0 Å². The molecule has 0 aromatic carbocycles. The average molecular weight is 917 g/mol. The Morgan fingerprint density at radius 1 is 0.348 bits per heavy atom. The highest BCUT2D eigenvalue weighted by molar-refractivity contribution is 5.70. The molecule has 5 heteroatoms. The van der Waals surface area contributed by atoms with E-state index in [1.165, 1.54) is 103 Å². The zero-order chi connectivity index (χ0) is 47.7. The van der Waals surface area contributed by atoms with E-state index in [1.54, 1.807) is 0 Å². The Kier molecular flexibility index (Phi) is 53.4. The molecule has 0 aliphatic carbocycles. The highest BCUT2D eigenvalue weighted by Crippen LogP contribution is 2.14. The molecule has 0 radical (unpaired) electrons. The molecule has 0 amide bonds. The minimum absolute atomic E-state index is 0.0648. The van der Waals surface area contributed by atoms with Crippen molar-refractivity contribution in [1.29, 1.82) is 0 Å². The summed E-state index contributed by atoms with van der Waals surface area (Å²) in [6.45, 7) is 7.55. The van der Waals surface area contributed by atoms with Gasteiger partial charge < -0.3 is 14.2 Å². The molecule has 0 N–H and O–H groups in total. The number of carbonyl (C=O) groups is 2. The number of rotatable bonds is 50. The lowest BCUT2D eigenvalue weighted by molar-refractivity contribution is -0.163. The van der Waals surface area contributed by atoms with Crippen molar-refractivity contribution in [1.82, 2.24) is 0 Å². The Bertz CT molecular complexity index is 1270. The monoisotopic (exact) mass is 917 g/mol. The minimum atomic E-state index is -0.560. The second-order valence-corrected chi connectivity index (χ2v) is 18.1. The maximum Gasteiger partial charge on any atom is 0.306 e. The van der Waals surface area contributed by atoms with E-state index in [0.29, 0.717) is 19.4 Å². The molecule has 0 fully saturated rings. The first kappa shape index (κ1) is 62.8. The fourth-order valence-corrected chi connectivity index (χ4v) is 7.51. The Morgan fingerprint density at radius 2 is 0.682 bits per heavy atom. The quantitative estimate of drug-likeness (QED) is 0.0346. The van der Waals surface area contributed by atoms with Gasteiger partial charge in [-0.2, -0.15) is 0 Å². The maximum atomic E-state index is 12.8. The van der Waals surface area contributed by atoms with E-state index in [2.05, 4.69) is 118 Å². The van der Waals surface area contributed by atoms with Crippen molar-refractivity contribution < 1.29 is 23.8 Å². The van der Waals surface area contributed by atoms with E-state index in [-0.39, 0.29) is 25.2 Å². The lowest BCUT2D eigenvalue weighted by atomic mass is 10.1. The van der Waals surface area contributed by atoms with Crippen LogP contribution >= 0.6 is 0 Å². The van der Waals surface area contributed by atoms with E-state index < -0.39 is 6.10 Å². The van der Waals surface area contributed by atoms with Gasteiger partial charge in [-0.15, -0.1) is 0 Å². The van der Waals surface area contributed by atoms with E-state index in [0.717, 1.165) is 116 Å². The molecule has 1 atom stereocenters. The first-order valence-electron chi connectivity index (χ1n) is 27.8. The van der Waals surface area contributed by atoms with Crippen LogP contribution in [-0.4, -0.2) is 37.9 Å². The topological polar surface area (TPSA) is 61.8 Å². The number of carbonyl (C=O) groups excluding carboxylic acids is 2. The maximum absolute atomic E-state index is 12.8. The number of unbranched alkanes of at least 4 members (excludes halogenated alkanes) is 23. The highest BCUT2D eigenvalue weighted by atomic mass is 16.6. The van der Waals surface area contributed by atoms with Crippen molar-refractivity contribution in [3.63, 3.8) is 0 Å². The lowest BCUT2D eigenvalue weighted by Gasteiger charge is -2.18. The summed E-state index contributed by atoms with van der Waals surface area (Å²) in [4.78, 5) is 25.5. The number of hydrogen-bond acceptors (Lipinski definition) is 5. The molecule has 0 rings (SSSR count). The van der Waals surface area contributed by atoms with Gasteiger partial charge in [-0.3, -0.25) is 9.59 Å². The van der Waals surface area contributed by atoms with Gasteiger partial charge in [0.1, 0.15) is 6.61 Å². The van der Waals surface area contributed by atoms with Crippen LogP contribution in [0.1, 0.15) is 252 Å². The second kappa shape index (κ2) is 56.1. The molecule has 1 unspecified atom stereocenters. The third-order valence-electron chi connectivity index (χ3n) is 11.6. The predicted molar refractivity (Wildman–Crippen MR) is 288 cm³/mol. The molecule has 0 aliphatic heterocycles. The summed E-state index contributed by atoms with van der Waals surface area (Å²) in [5.74, 6) is -0.428. The molecule has 0 saturated carbocycles. The van der Waals surface area contributed by atoms with E-state index >= 15 is 0 Å². The van der Waals surface area contributed by atoms with Crippen LogP contribution in [0.25, 0.3) is 0 Å². The second-order valence-electron chi connectivity index (χ2n) is 18.1. The van der Waals surface area contributed by atoms with Crippen LogP contribution in [0, 0.1) is 0 Å². The number of hydrogen-bond donors (Lipinski definition) is 0. The Balaban J connectivity index is 4.35. The molecule has 0 spiro atoms. The standard InChI is InChI=1S/C61H104O5/c1-4-7-10-13-16-19-22-25-28-30-32-35-38-41-44-47-50-53-56-64-57-59(66-61(63)55-52-49-46-43-40-37-33-27-24-21-18-15-12-9-6-3)58-65-60(62)54-51-48-45-42-39-36-34-31-29-26-23-20-17-14-11-8-5-2/h7-8,10-11,16-17,19-20,25-29,32-33,35,59H,4-6,9,12-15,18,21-24,30-31,34,36-58H2,1-3H3/b10-7-,11-8-,19-16-,20-17-,28-25-,29-26-,33-27-,35-32-. The van der Waals surface area contributed by atoms with Crippen LogP contribution in [0.15, 0.2) is 97.2 Å². The molecule has 0 saturated heterocycles. The molecule has 66 heavy (non-hydrogen) atoms. The van der Waals surface area contributed by atoms with Crippen LogP contribution in [0.5, 0.6) is 0 Å². The fourth-order valence-electron chi connectivity index (χ4n) is 7.51. The lowest BCUT2D eigenvalue weighted by Crippen LogP contribution is -2.30. The fraction of sp³-hybridized carbons (Fsp3) is 0.705. The van der Waals surface area contributed by atoms with Crippen molar-refractivity contribution in [2.24, 2.45) is 0 Å². The van der Waals surface area contributed by atoms with Gasteiger partial charge in [-0.1, -0.05) is 221 Å². The van der Waals surface area contributed by atoms with Gasteiger partial charge in [0.25, 0.3) is 0 Å². The minimum Gasteiger partial charge on any atom is -0.462 e. The zero-order valence-electron chi connectivity index (χ0n) is 43.4. The van der Waals surface area contributed by atoms with Crippen molar-refractivity contribution in [3.05, 3.63) is 97.2 Å². The molecule has 0 aromatic heterocycles. The van der Waals surface area contributed by atoms with E-state index in [4.69, 9.17) is 14.2 Å². The predicted octanol–water partition coefficient (Wildman–Crippen LogP) is 19.0. The largest absolute Gasteiger partial charge is 0.462 e. The molecule has 0 bridgehead atoms. The van der Waals surface area contributed by atoms with Gasteiger partial charge in [-0.05, 0) is 116 Å². The third kappa shape index (κ3) is 53.4. The smallest absolute Gasteiger partial charge is 0.306 e. The van der Waals surface area contributed by atoms with Crippen LogP contribution in [-0.2, 0) is 23.8 Å². The molecular formula is C61H104O5. The van der Waals surface area contributed by atoms with E-state index in [1.807, 2.05) is 0 Å². The molecule has 5 nitrogen and oxygen atoms in total. The normalized spacial score (nSPS) is 13.0. The zero-order valence-corrected chi connectivity index (χ0v) is 43.4.